The lowest BCUT2D eigenvalue weighted by Gasteiger charge is -2.43. The molecule has 0 bridgehead atoms. The molecule has 2 aliphatic heterocycles. The first kappa shape index (κ1) is 32.0. The highest BCUT2D eigenvalue weighted by Crippen LogP contribution is 2.40. The van der Waals surface area contributed by atoms with Crippen molar-refractivity contribution < 1.29 is 10.0 Å². The monoisotopic (exact) mass is 507 g/mol. The number of fused-ring (bicyclic) bond motifs is 1. The average Bonchev–Trinajstić information content (AvgIpc) is 3.07. The van der Waals surface area contributed by atoms with Gasteiger partial charge in [-0.2, -0.15) is 0 Å². The summed E-state index contributed by atoms with van der Waals surface area (Å²) in [6, 6.07) is 8.69. The van der Waals surface area contributed by atoms with E-state index in [-0.39, 0.29) is 5.54 Å². The van der Waals surface area contributed by atoms with Crippen LogP contribution in [-0.4, -0.2) is 23.2 Å². The Bertz CT molecular complexity index is 1010. The Kier molecular flexibility index (Phi) is 13.8. The smallest absolute Gasteiger partial charge is 0.274 e. The third-order valence-electron chi connectivity index (χ3n) is 6.39. The first-order chi connectivity index (χ1) is 17.8. The fourth-order valence-corrected chi connectivity index (χ4v) is 5.19. The molecule has 0 saturated carbocycles. The summed E-state index contributed by atoms with van der Waals surface area (Å²) in [6.07, 6.45) is 13.7. The van der Waals surface area contributed by atoms with Crippen LogP contribution in [0.25, 0.3) is 0 Å². The molecule has 3 rings (SSSR count). The van der Waals surface area contributed by atoms with Crippen molar-refractivity contribution >= 4 is 11.6 Å². The highest BCUT2D eigenvalue weighted by Gasteiger charge is 2.34. The number of dihydropyridines is 1. The topological polar surface area (TPSA) is 64.6 Å². The molecule has 5 nitrogen and oxygen atoms in total. The van der Waals surface area contributed by atoms with Crippen molar-refractivity contribution in [1.82, 2.24) is 10.8 Å². The Hall–Kier alpha value is -3.05. The minimum Gasteiger partial charge on any atom is -0.385 e. The van der Waals surface area contributed by atoms with Crippen molar-refractivity contribution in [3.63, 3.8) is 0 Å². The number of allylic oxidation sites excluding steroid dienone is 5. The van der Waals surface area contributed by atoms with Crippen LogP contribution in [-0.2, 0) is 11.2 Å². The number of carbonyl (C=O) groups excluding carboxylic acids is 1. The normalized spacial score (nSPS) is 16.0. The van der Waals surface area contributed by atoms with E-state index < -0.39 is 5.91 Å². The standard InChI is InChI=1S/C28H37N3O2.2C2H6/c1-6-10-21-13-14-22-11-8-9-12-26(22)31(25(21)7-2)28(4,5)19-20(3)17-24-18-23(15-16-29-24)27(32)30-33;2*1-2/h6-12,15,18,20,29,33H,2,13-14,16-17,19H2,1,3-5H3,(H,30,32);2*1-2H3/b10-6-;;. The number of hydroxylamine groups is 1. The van der Waals surface area contributed by atoms with Gasteiger partial charge >= 0.3 is 0 Å². The Morgan fingerprint density at radius 2 is 1.89 bits per heavy atom. The summed E-state index contributed by atoms with van der Waals surface area (Å²) in [7, 11) is 0. The molecule has 1 aromatic carbocycles. The van der Waals surface area contributed by atoms with E-state index in [1.54, 1.807) is 11.6 Å². The van der Waals surface area contributed by atoms with Gasteiger partial charge in [-0.1, -0.05) is 77.6 Å². The van der Waals surface area contributed by atoms with Crippen LogP contribution in [0.3, 0.4) is 0 Å². The number of carbonyl (C=O) groups is 1. The first-order valence-corrected chi connectivity index (χ1v) is 13.8. The maximum absolute atomic E-state index is 11.8. The van der Waals surface area contributed by atoms with Crippen molar-refractivity contribution in [1.29, 1.82) is 0 Å². The molecule has 3 N–H and O–H groups in total. The van der Waals surface area contributed by atoms with Crippen LogP contribution in [0.4, 0.5) is 5.69 Å². The van der Waals surface area contributed by atoms with Crippen molar-refractivity contribution in [2.75, 3.05) is 11.4 Å². The summed E-state index contributed by atoms with van der Waals surface area (Å²) in [5, 5.41) is 12.3. The van der Waals surface area contributed by atoms with Gasteiger partial charge in [0.2, 0.25) is 0 Å². The predicted molar refractivity (Wildman–Crippen MR) is 159 cm³/mol. The number of amides is 1. The van der Waals surface area contributed by atoms with Gasteiger partial charge in [0, 0.05) is 34.7 Å². The lowest BCUT2D eigenvalue weighted by molar-refractivity contribution is -0.124. The van der Waals surface area contributed by atoms with Crippen molar-refractivity contribution in [2.24, 2.45) is 5.92 Å². The zero-order valence-corrected chi connectivity index (χ0v) is 24.3. The molecule has 0 saturated heterocycles. The molecule has 204 valence electrons. The van der Waals surface area contributed by atoms with E-state index in [1.165, 1.54) is 22.5 Å². The Morgan fingerprint density at radius 3 is 2.51 bits per heavy atom. The Morgan fingerprint density at radius 1 is 1.22 bits per heavy atom. The number of aryl methyl sites for hydroxylation is 1. The molecule has 1 unspecified atom stereocenters. The quantitative estimate of drug-likeness (QED) is 0.250. The summed E-state index contributed by atoms with van der Waals surface area (Å²) < 4.78 is 0. The molecule has 1 atom stereocenters. The summed E-state index contributed by atoms with van der Waals surface area (Å²) in [6.45, 7) is 21.7. The van der Waals surface area contributed by atoms with Gasteiger partial charge < -0.3 is 10.2 Å². The van der Waals surface area contributed by atoms with E-state index in [4.69, 9.17) is 5.21 Å². The molecule has 2 aliphatic rings. The van der Waals surface area contributed by atoms with E-state index in [0.29, 0.717) is 18.0 Å². The third-order valence-corrected chi connectivity index (χ3v) is 6.39. The minimum atomic E-state index is -0.472. The van der Waals surface area contributed by atoms with Gasteiger partial charge in [-0.25, -0.2) is 5.48 Å². The molecule has 5 heteroatoms. The summed E-state index contributed by atoms with van der Waals surface area (Å²) >= 11 is 0. The van der Waals surface area contributed by atoms with Crippen LogP contribution in [0.15, 0.2) is 83.8 Å². The van der Waals surface area contributed by atoms with Crippen LogP contribution >= 0.6 is 0 Å². The van der Waals surface area contributed by atoms with Crippen molar-refractivity contribution in [3.8, 4) is 0 Å². The Labute approximate surface area is 225 Å². The van der Waals surface area contributed by atoms with Gasteiger partial charge in [0.25, 0.3) is 5.91 Å². The molecule has 0 radical (unpaired) electrons. The van der Waals surface area contributed by atoms with Gasteiger partial charge in [-0.05, 0) is 81.7 Å². The van der Waals surface area contributed by atoms with Crippen LogP contribution < -0.4 is 15.7 Å². The number of rotatable bonds is 8. The average molecular weight is 508 g/mol. The van der Waals surface area contributed by atoms with Crippen LogP contribution in [0.1, 0.15) is 80.2 Å². The van der Waals surface area contributed by atoms with Crippen molar-refractivity contribution in [2.45, 2.75) is 86.6 Å². The van der Waals surface area contributed by atoms with Gasteiger partial charge in [-0.15, -0.1) is 0 Å². The SMILES string of the molecule is C=CC1=C(/C=C\C)CCc2ccccc2N1C(C)(C)CC(C)CC1=CC(C(=O)NO)=CCN1.CC.CC. The molecule has 1 aromatic rings. The fraction of sp³-hybridized carbons (Fsp3) is 0.469. The lowest BCUT2D eigenvalue weighted by atomic mass is 9.85. The fourth-order valence-electron chi connectivity index (χ4n) is 5.19. The molecule has 0 spiro atoms. The Balaban J connectivity index is 0.00000163. The van der Waals surface area contributed by atoms with E-state index in [9.17, 15) is 4.79 Å². The second-order valence-electron chi connectivity index (χ2n) is 9.56. The molecular weight excluding hydrogens is 458 g/mol. The molecular formula is C32H49N3O2. The summed E-state index contributed by atoms with van der Waals surface area (Å²) in [5.74, 6) is -0.109. The lowest BCUT2D eigenvalue weighted by Crippen LogP contribution is -2.45. The van der Waals surface area contributed by atoms with Crippen molar-refractivity contribution in [3.05, 3.63) is 89.3 Å². The third kappa shape index (κ3) is 8.50. The van der Waals surface area contributed by atoms with E-state index >= 15 is 0 Å². The maximum atomic E-state index is 11.8. The molecule has 37 heavy (non-hydrogen) atoms. The van der Waals surface area contributed by atoms with E-state index in [2.05, 4.69) is 80.9 Å². The van der Waals surface area contributed by atoms with Gasteiger partial charge in [0.1, 0.15) is 0 Å². The molecule has 0 aliphatic carbocycles. The van der Waals surface area contributed by atoms with Gasteiger partial charge in [0.05, 0.1) is 0 Å². The highest BCUT2D eigenvalue weighted by molar-refractivity contribution is 5.95. The molecule has 0 fully saturated rings. The molecule has 0 aromatic heterocycles. The second kappa shape index (κ2) is 15.9. The number of hydrogen-bond acceptors (Lipinski definition) is 4. The number of nitrogens with zero attached hydrogens (tertiary/aromatic N) is 1. The van der Waals surface area contributed by atoms with Crippen LogP contribution in [0, 0.1) is 5.92 Å². The number of hydrogen-bond donors (Lipinski definition) is 3. The number of anilines is 1. The summed E-state index contributed by atoms with van der Waals surface area (Å²) in [4.78, 5) is 14.3. The number of nitrogens with one attached hydrogen (secondary N) is 2. The predicted octanol–water partition coefficient (Wildman–Crippen LogP) is 7.62. The highest BCUT2D eigenvalue weighted by atomic mass is 16.5. The van der Waals surface area contributed by atoms with E-state index in [1.807, 2.05) is 39.8 Å². The number of benzene rings is 1. The largest absolute Gasteiger partial charge is 0.385 e. The van der Waals surface area contributed by atoms with E-state index in [0.717, 1.165) is 31.4 Å². The minimum absolute atomic E-state index is 0.160. The molecule has 2 heterocycles. The van der Waals surface area contributed by atoms with Crippen LogP contribution in [0.5, 0.6) is 0 Å². The summed E-state index contributed by atoms with van der Waals surface area (Å²) in [5.41, 5.74) is 8.18. The number of para-hydroxylation sites is 1. The zero-order chi connectivity index (χ0) is 28.0. The van der Waals surface area contributed by atoms with Gasteiger partial charge in [-0.3, -0.25) is 10.0 Å². The van der Waals surface area contributed by atoms with Gasteiger partial charge in [0.15, 0.2) is 0 Å². The maximum Gasteiger partial charge on any atom is 0.274 e. The second-order valence-corrected chi connectivity index (χ2v) is 9.56. The zero-order valence-electron chi connectivity index (χ0n) is 24.3. The van der Waals surface area contributed by atoms with Crippen LogP contribution in [0.2, 0.25) is 0 Å². The molecule has 1 amide bonds. The first-order valence-electron chi connectivity index (χ1n) is 13.8.